The Kier molecular flexibility index (Phi) is 12.0. The van der Waals surface area contributed by atoms with E-state index >= 15 is 0 Å². The van der Waals surface area contributed by atoms with Gasteiger partial charge in [0.1, 0.15) is 11.5 Å². The fourth-order valence-electron chi connectivity index (χ4n) is 4.45. The fraction of sp³-hybridized carbons (Fsp3) is 0.441. The molecular formula is C34H48FN3. The number of rotatable bonds is 15. The molecule has 0 saturated heterocycles. The molecule has 0 radical (unpaired) electrons. The predicted octanol–water partition coefficient (Wildman–Crippen LogP) is 10.3. The molecule has 4 heteroatoms. The number of benzene rings is 1. The van der Waals surface area contributed by atoms with Crippen molar-refractivity contribution in [3.63, 3.8) is 0 Å². The summed E-state index contributed by atoms with van der Waals surface area (Å²) in [6.07, 6.45) is 14.3. The Bertz CT molecular complexity index is 1150. The molecule has 0 fully saturated rings. The Morgan fingerprint density at radius 3 is 2.53 bits per heavy atom. The number of hydrogen-bond donors (Lipinski definition) is 2. The first kappa shape index (κ1) is 31.1. The number of unbranched alkanes of at least 4 members (excludes halogenated alkanes) is 1. The van der Waals surface area contributed by atoms with Gasteiger partial charge in [-0.15, -0.1) is 0 Å². The van der Waals surface area contributed by atoms with Crippen LogP contribution >= 0.6 is 0 Å². The van der Waals surface area contributed by atoms with Crippen LogP contribution in [0.2, 0.25) is 0 Å². The first-order valence-electron chi connectivity index (χ1n) is 14.0. The van der Waals surface area contributed by atoms with Crippen LogP contribution in [0.25, 0.3) is 11.1 Å². The summed E-state index contributed by atoms with van der Waals surface area (Å²) in [5, 5.41) is 6.69. The Morgan fingerprint density at radius 1 is 1.18 bits per heavy atom. The topological polar surface area (TPSA) is 37.0 Å². The Hall–Kier alpha value is -3.14. The van der Waals surface area contributed by atoms with Gasteiger partial charge in [-0.2, -0.15) is 0 Å². The molecular weight excluding hydrogens is 469 g/mol. The number of nitrogens with one attached hydrogen (secondary N) is 2. The number of pyridine rings is 1. The third kappa shape index (κ3) is 9.01. The Balaban J connectivity index is 2.41. The van der Waals surface area contributed by atoms with Crippen LogP contribution in [0.3, 0.4) is 0 Å². The van der Waals surface area contributed by atoms with Crippen molar-refractivity contribution in [1.29, 1.82) is 0 Å². The van der Waals surface area contributed by atoms with Crippen LogP contribution in [0.4, 0.5) is 15.9 Å². The molecule has 1 heterocycles. The van der Waals surface area contributed by atoms with Crippen molar-refractivity contribution in [3.05, 3.63) is 89.9 Å². The maximum absolute atomic E-state index is 14.5. The summed E-state index contributed by atoms with van der Waals surface area (Å²) in [6.45, 7) is 21.8. The quantitative estimate of drug-likeness (QED) is 0.231. The lowest BCUT2D eigenvalue weighted by Gasteiger charge is -2.19. The third-order valence-corrected chi connectivity index (χ3v) is 7.18. The van der Waals surface area contributed by atoms with E-state index in [0.29, 0.717) is 11.5 Å². The van der Waals surface area contributed by atoms with Gasteiger partial charge in [0.2, 0.25) is 0 Å². The summed E-state index contributed by atoms with van der Waals surface area (Å²) in [7, 11) is 0. The van der Waals surface area contributed by atoms with Gasteiger partial charge in [0, 0.05) is 23.1 Å². The smallest absolute Gasteiger partial charge is 0.133 e. The van der Waals surface area contributed by atoms with Gasteiger partial charge in [-0.05, 0) is 98.7 Å². The number of aryl methyl sites for hydroxylation is 1. The average Bonchev–Trinajstić information content (AvgIpc) is 2.87. The highest BCUT2D eigenvalue weighted by atomic mass is 19.1. The second-order valence-corrected chi connectivity index (χ2v) is 10.7. The number of alkyl halides is 1. The number of aromatic nitrogens is 1. The highest BCUT2D eigenvalue weighted by Gasteiger charge is 2.19. The molecule has 206 valence electrons. The summed E-state index contributed by atoms with van der Waals surface area (Å²) in [6, 6.07) is 8.59. The maximum atomic E-state index is 14.5. The van der Waals surface area contributed by atoms with E-state index in [9.17, 15) is 4.39 Å². The molecule has 0 saturated carbocycles. The SMILES string of the molecule is C=CNc1ncc(-c2cc(NC(=C)C(=C/CC)/C=C(\C)C(C)(C)F)ccc2C)cc1CC(CC)CCCC. The zero-order valence-corrected chi connectivity index (χ0v) is 24.7. The van der Waals surface area contributed by atoms with Crippen LogP contribution in [-0.4, -0.2) is 10.7 Å². The van der Waals surface area contributed by atoms with Gasteiger partial charge in [0.15, 0.2) is 0 Å². The van der Waals surface area contributed by atoms with Crippen LogP contribution in [0.15, 0.2) is 78.8 Å². The molecule has 1 aromatic carbocycles. The lowest BCUT2D eigenvalue weighted by atomic mass is 9.90. The summed E-state index contributed by atoms with van der Waals surface area (Å²) in [5.74, 6) is 1.51. The van der Waals surface area contributed by atoms with Gasteiger partial charge in [-0.25, -0.2) is 9.37 Å². The van der Waals surface area contributed by atoms with Crippen molar-refractivity contribution in [1.82, 2.24) is 4.98 Å². The first-order chi connectivity index (χ1) is 18.0. The molecule has 3 nitrogen and oxygen atoms in total. The predicted molar refractivity (Wildman–Crippen MR) is 165 cm³/mol. The van der Waals surface area contributed by atoms with Gasteiger partial charge < -0.3 is 10.6 Å². The number of allylic oxidation sites excluding steroid dienone is 3. The van der Waals surface area contributed by atoms with Crippen LogP contribution in [0, 0.1) is 12.8 Å². The summed E-state index contributed by atoms with van der Waals surface area (Å²) in [4.78, 5) is 4.78. The lowest BCUT2D eigenvalue weighted by Crippen LogP contribution is -2.14. The van der Waals surface area contributed by atoms with Crippen molar-refractivity contribution < 1.29 is 4.39 Å². The van der Waals surface area contributed by atoms with E-state index in [4.69, 9.17) is 4.98 Å². The van der Waals surface area contributed by atoms with E-state index in [1.165, 1.54) is 30.4 Å². The minimum atomic E-state index is -1.38. The fourth-order valence-corrected chi connectivity index (χ4v) is 4.45. The molecule has 1 aromatic heterocycles. The van der Waals surface area contributed by atoms with Crippen molar-refractivity contribution in [3.8, 4) is 11.1 Å². The van der Waals surface area contributed by atoms with Crippen molar-refractivity contribution in [2.75, 3.05) is 10.6 Å². The van der Waals surface area contributed by atoms with E-state index in [1.807, 2.05) is 19.2 Å². The second-order valence-electron chi connectivity index (χ2n) is 10.7. The van der Waals surface area contributed by atoms with E-state index < -0.39 is 5.67 Å². The van der Waals surface area contributed by atoms with E-state index in [0.717, 1.165) is 53.2 Å². The van der Waals surface area contributed by atoms with Crippen LogP contribution in [0.1, 0.15) is 84.8 Å². The molecule has 2 rings (SSSR count). The zero-order chi connectivity index (χ0) is 28.3. The number of nitrogens with zero attached hydrogens (tertiary/aromatic N) is 1. The minimum Gasteiger partial charge on any atom is -0.356 e. The van der Waals surface area contributed by atoms with Crippen LogP contribution < -0.4 is 10.6 Å². The Labute approximate surface area is 231 Å². The average molecular weight is 518 g/mol. The molecule has 2 aromatic rings. The van der Waals surface area contributed by atoms with Crippen LogP contribution in [-0.2, 0) is 6.42 Å². The molecule has 1 atom stereocenters. The van der Waals surface area contributed by atoms with Gasteiger partial charge in [-0.3, -0.25) is 0 Å². The largest absolute Gasteiger partial charge is 0.356 e. The lowest BCUT2D eigenvalue weighted by molar-refractivity contribution is 0.268. The summed E-state index contributed by atoms with van der Waals surface area (Å²) >= 11 is 0. The number of hydrogen-bond acceptors (Lipinski definition) is 3. The highest BCUT2D eigenvalue weighted by Crippen LogP contribution is 2.32. The monoisotopic (exact) mass is 517 g/mol. The van der Waals surface area contributed by atoms with Crippen molar-refractivity contribution >= 4 is 11.5 Å². The van der Waals surface area contributed by atoms with Gasteiger partial charge in [0.25, 0.3) is 0 Å². The van der Waals surface area contributed by atoms with E-state index in [1.54, 1.807) is 20.0 Å². The van der Waals surface area contributed by atoms with E-state index in [-0.39, 0.29) is 0 Å². The van der Waals surface area contributed by atoms with Crippen molar-refractivity contribution in [2.24, 2.45) is 5.92 Å². The number of anilines is 2. The molecule has 0 bridgehead atoms. The van der Waals surface area contributed by atoms with Gasteiger partial charge in [0.05, 0.1) is 0 Å². The molecule has 0 aliphatic carbocycles. The molecule has 38 heavy (non-hydrogen) atoms. The molecule has 0 amide bonds. The normalized spacial score (nSPS) is 13.3. The van der Waals surface area contributed by atoms with E-state index in [2.05, 4.69) is 81.8 Å². The zero-order valence-electron chi connectivity index (χ0n) is 24.7. The first-order valence-corrected chi connectivity index (χ1v) is 14.0. The molecule has 0 spiro atoms. The number of halogens is 1. The standard InChI is InChI=1S/C34H48FN3/c1-10-14-16-27(12-3)20-29-21-30(23-37-33(29)36-13-4)32-22-31(18-17-24(32)5)38-26(7)28(15-11-2)19-25(6)34(8,9)35/h13,15,17-19,21-23,27,38H,4,7,10-12,14,16,20H2,1-3,5-6,8-9H3,(H,36,37)/b25-19+,28-15+. The molecule has 2 N–H and O–H groups in total. The van der Waals surface area contributed by atoms with Crippen molar-refractivity contribution in [2.45, 2.75) is 92.7 Å². The Morgan fingerprint density at radius 2 is 1.92 bits per heavy atom. The highest BCUT2D eigenvalue weighted by molar-refractivity contribution is 5.74. The molecule has 0 aliphatic heterocycles. The molecule has 0 aliphatic rings. The minimum absolute atomic E-state index is 0.629. The summed E-state index contributed by atoms with van der Waals surface area (Å²) in [5.41, 5.74) is 6.48. The third-order valence-electron chi connectivity index (χ3n) is 7.18. The van der Waals surface area contributed by atoms with Crippen LogP contribution in [0.5, 0.6) is 0 Å². The maximum Gasteiger partial charge on any atom is 0.133 e. The molecule has 1 unspecified atom stereocenters. The summed E-state index contributed by atoms with van der Waals surface area (Å²) < 4.78 is 14.5. The second kappa shape index (κ2) is 14.7. The van der Waals surface area contributed by atoms with Gasteiger partial charge in [-0.1, -0.05) is 77.8 Å². The van der Waals surface area contributed by atoms with Gasteiger partial charge >= 0.3 is 0 Å².